The number of benzene rings is 3. The molecule has 0 saturated carbocycles. The Hall–Kier alpha value is -13.1. The molecule has 30 nitrogen and oxygen atoms in total. The predicted molar refractivity (Wildman–Crippen MR) is 416 cm³/mol. The number of aryl methyl sites for hydroxylation is 3. The highest BCUT2D eigenvalue weighted by atomic mass is 19.1. The summed E-state index contributed by atoms with van der Waals surface area (Å²) in [7, 11) is 5.71. The molecule has 15 heterocycles. The van der Waals surface area contributed by atoms with E-state index in [0.717, 1.165) is 179 Å². The molecule has 0 amide bonds. The molecule has 0 radical (unpaired) electrons. The van der Waals surface area contributed by atoms with Crippen LogP contribution in [0.3, 0.4) is 0 Å². The predicted octanol–water partition coefficient (Wildman–Crippen LogP) is 7.82. The van der Waals surface area contributed by atoms with Crippen LogP contribution in [-0.4, -0.2) is 182 Å². The van der Waals surface area contributed by atoms with E-state index in [0.29, 0.717) is 17.8 Å². The van der Waals surface area contributed by atoms with E-state index in [9.17, 15) is 13.2 Å². The Kier molecular flexibility index (Phi) is 19.3. The monoisotopic (exact) mass is 1490 g/mol. The van der Waals surface area contributed by atoms with Crippen molar-refractivity contribution in [3.63, 3.8) is 0 Å². The van der Waals surface area contributed by atoms with Gasteiger partial charge in [0, 0.05) is 224 Å². The van der Waals surface area contributed by atoms with Crippen molar-refractivity contribution in [3.8, 4) is 33.4 Å². The zero-order chi connectivity index (χ0) is 76.7. The van der Waals surface area contributed by atoms with Crippen LogP contribution in [0.2, 0.25) is 0 Å². The van der Waals surface area contributed by atoms with Gasteiger partial charge in [0.05, 0.1) is 35.2 Å². The zero-order valence-corrected chi connectivity index (χ0v) is 62.0. The van der Waals surface area contributed by atoms with Gasteiger partial charge in [-0.15, -0.1) is 0 Å². The number of nitrogens with zero attached hydrogens (tertiary/aromatic N) is 27. The van der Waals surface area contributed by atoms with Crippen LogP contribution in [0, 0.1) is 17.5 Å². The first-order chi connectivity index (χ1) is 53.6. The molecular formula is C78H81F3N30. The number of rotatable bonds is 15. The van der Waals surface area contributed by atoms with Gasteiger partial charge in [0.15, 0.2) is 17.5 Å². The molecule has 3 saturated heterocycles. The second-order valence-corrected chi connectivity index (χ2v) is 28.5. The van der Waals surface area contributed by atoms with Crippen LogP contribution >= 0.6 is 0 Å². The number of halogens is 3. The van der Waals surface area contributed by atoms with Crippen molar-refractivity contribution >= 4 is 51.8 Å². The number of nitrogens with two attached hydrogens (primary N) is 3. The lowest BCUT2D eigenvalue weighted by molar-refractivity contribution is 0.585. The molecule has 564 valence electrons. The van der Waals surface area contributed by atoms with Crippen molar-refractivity contribution in [2.24, 2.45) is 38.3 Å². The van der Waals surface area contributed by atoms with Gasteiger partial charge in [0.25, 0.3) is 0 Å². The minimum Gasteiger partial charge on any atom is -0.351 e. The molecule has 3 aromatic carbocycles. The SMILES string of the molecule is Cn1cc(-c2cc3c(N4CCN(c5ncc([C@@](C)(N)c6ccc(F)cc6)cn5)CC4)ncnn3c2)cn1.Cn1cc(-c2cc3c(N4CCN(c5ncc([C@@](C)(N)c6ccc(F)cc6)cn5)CC4)ncnn3c2)cn1.Cn1cc(-c2cc3c(N4CCN(c5ncc([C@@](C)(N)c6ccc(F)cc6)cn5)CC4)ncnn3c2)cn1. The average molecular weight is 1500 g/mol. The van der Waals surface area contributed by atoms with Gasteiger partial charge in [-0.3, -0.25) is 14.0 Å². The molecule has 0 spiro atoms. The molecule has 3 fully saturated rings. The van der Waals surface area contributed by atoms with E-state index >= 15 is 0 Å². The van der Waals surface area contributed by atoms with Crippen molar-refractivity contribution in [3.05, 3.63) is 254 Å². The van der Waals surface area contributed by atoms with Gasteiger partial charge < -0.3 is 46.6 Å². The molecule has 6 N–H and O–H groups in total. The minimum atomic E-state index is -0.824. The lowest BCUT2D eigenvalue weighted by Crippen LogP contribution is -2.47. The summed E-state index contributed by atoms with van der Waals surface area (Å²) in [6, 6.07) is 24.9. The minimum absolute atomic E-state index is 0.293. The maximum absolute atomic E-state index is 13.3. The van der Waals surface area contributed by atoms with Crippen LogP contribution in [0.5, 0.6) is 0 Å². The highest BCUT2D eigenvalue weighted by Gasteiger charge is 2.32. The highest BCUT2D eigenvalue weighted by Crippen LogP contribution is 2.35. The van der Waals surface area contributed by atoms with E-state index in [1.54, 1.807) is 107 Å². The van der Waals surface area contributed by atoms with Gasteiger partial charge in [0.2, 0.25) is 17.8 Å². The number of anilines is 6. The fourth-order valence-electron chi connectivity index (χ4n) is 14.2. The molecule has 0 unspecified atom stereocenters. The Labute approximate surface area is 636 Å². The van der Waals surface area contributed by atoms with Crippen LogP contribution in [0.25, 0.3) is 49.9 Å². The summed E-state index contributed by atoms with van der Waals surface area (Å²) in [5.41, 5.74) is 31.1. The Morgan fingerprint density at radius 2 is 0.514 bits per heavy atom. The number of fused-ring (bicyclic) bond motifs is 3. The fraction of sp³-hybridized carbons (Fsp3) is 0.269. The van der Waals surface area contributed by atoms with Gasteiger partial charge in [-0.2, -0.15) is 30.6 Å². The summed E-state index contributed by atoms with van der Waals surface area (Å²) in [5, 5.41) is 26.0. The summed E-state index contributed by atoms with van der Waals surface area (Å²) in [4.78, 5) is 54.7. The summed E-state index contributed by atoms with van der Waals surface area (Å²) < 4.78 is 51.0. The number of hydrogen-bond donors (Lipinski definition) is 3. The van der Waals surface area contributed by atoms with E-state index in [2.05, 4.69) is 123 Å². The van der Waals surface area contributed by atoms with Gasteiger partial charge in [-0.25, -0.2) is 71.6 Å². The third-order valence-corrected chi connectivity index (χ3v) is 20.9. The van der Waals surface area contributed by atoms with Gasteiger partial charge in [0.1, 0.15) is 53.0 Å². The molecule has 111 heavy (non-hydrogen) atoms. The summed E-state index contributed by atoms with van der Waals surface area (Å²) in [6.45, 7) is 14.8. The lowest BCUT2D eigenvalue weighted by Gasteiger charge is -2.35. The highest BCUT2D eigenvalue weighted by molar-refractivity contribution is 5.80. The summed E-state index contributed by atoms with van der Waals surface area (Å²) in [6.07, 6.45) is 32.8. The molecule has 3 aliphatic heterocycles. The Balaban J connectivity index is 0.000000126. The number of aromatic nitrogens is 21. The second kappa shape index (κ2) is 29.8. The van der Waals surface area contributed by atoms with Gasteiger partial charge >= 0.3 is 0 Å². The molecule has 33 heteroatoms. The first-order valence-corrected chi connectivity index (χ1v) is 36.2. The fourth-order valence-corrected chi connectivity index (χ4v) is 14.2. The molecule has 3 aliphatic rings. The molecule has 18 rings (SSSR count). The molecule has 3 atom stereocenters. The third kappa shape index (κ3) is 14.9. The lowest BCUT2D eigenvalue weighted by atomic mass is 9.87. The van der Waals surface area contributed by atoms with Crippen molar-refractivity contribution < 1.29 is 13.2 Å². The van der Waals surface area contributed by atoms with E-state index in [-0.39, 0.29) is 17.5 Å². The topological polar surface area (TPSA) is 319 Å². The Bertz CT molecular complexity index is 5150. The molecule has 12 aromatic heterocycles. The average Bonchev–Trinajstić information content (AvgIpc) is 1.69. The molecule has 0 aliphatic carbocycles. The maximum Gasteiger partial charge on any atom is 0.225 e. The van der Waals surface area contributed by atoms with Crippen molar-refractivity contribution in [1.82, 2.24) is 103 Å². The van der Waals surface area contributed by atoms with Crippen molar-refractivity contribution in [2.45, 2.75) is 37.4 Å². The normalized spacial score (nSPS) is 15.8. The smallest absolute Gasteiger partial charge is 0.225 e. The quantitative estimate of drug-likeness (QED) is 0.0880. The summed E-state index contributed by atoms with van der Waals surface area (Å²) >= 11 is 0. The van der Waals surface area contributed by atoms with Crippen molar-refractivity contribution in [1.29, 1.82) is 0 Å². The van der Waals surface area contributed by atoms with Crippen LogP contribution in [-0.2, 0) is 37.8 Å². The van der Waals surface area contributed by atoms with Crippen LogP contribution in [0.15, 0.2) is 203 Å². The van der Waals surface area contributed by atoms with E-state index in [1.165, 1.54) is 36.4 Å². The first-order valence-electron chi connectivity index (χ1n) is 36.2. The van der Waals surface area contributed by atoms with Gasteiger partial charge in [-0.1, -0.05) is 36.4 Å². The second-order valence-electron chi connectivity index (χ2n) is 28.5. The van der Waals surface area contributed by atoms with Crippen molar-refractivity contribution in [2.75, 3.05) is 108 Å². The van der Waals surface area contributed by atoms with Crippen LogP contribution < -0.4 is 46.6 Å². The molecule has 15 aromatic rings. The molecular weight excluding hydrogens is 1410 g/mol. The van der Waals surface area contributed by atoms with E-state index in [4.69, 9.17) is 17.2 Å². The summed E-state index contributed by atoms with van der Waals surface area (Å²) in [5.74, 6) is 3.81. The Morgan fingerprint density at radius 1 is 0.279 bits per heavy atom. The van der Waals surface area contributed by atoms with E-state index in [1.807, 2.05) is 111 Å². The Morgan fingerprint density at radius 3 is 0.739 bits per heavy atom. The zero-order valence-electron chi connectivity index (χ0n) is 62.0. The van der Waals surface area contributed by atoms with Crippen LogP contribution in [0.1, 0.15) is 54.2 Å². The largest absolute Gasteiger partial charge is 0.351 e. The number of hydrogen-bond acceptors (Lipinski definition) is 24. The molecule has 0 bridgehead atoms. The number of piperazine rings is 3. The van der Waals surface area contributed by atoms with E-state index < -0.39 is 16.6 Å². The maximum atomic E-state index is 13.3. The third-order valence-electron chi connectivity index (χ3n) is 20.9. The van der Waals surface area contributed by atoms with Crippen LogP contribution in [0.4, 0.5) is 48.5 Å². The first kappa shape index (κ1) is 72.1. The van der Waals surface area contributed by atoms with Gasteiger partial charge in [-0.05, 0) is 92.1 Å². The standard InChI is InChI=1S/3C26H27FN10/c3*1-26(28,20-3-5-22(27)6-4-20)21-13-29-25(30-14-21)36-9-7-35(8-10-36)24-23-11-18(16-37(23)33-17-31-24)19-12-32-34(2)15-19/h3*3-6,11-17H,7-10,28H2,1-2H3/t3*26-/m000/s1.